The Hall–Kier alpha value is -1.95. The van der Waals surface area contributed by atoms with Crippen LogP contribution in [0.2, 0.25) is 0 Å². The van der Waals surface area contributed by atoms with Crippen LogP contribution in [0.4, 0.5) is 5.69 Å². The first-order valence-electron chi connectivity index (χ1n) is 13.9. The van der Waals surface area contributed by atoms with Crippen molar-refractivity contribution in [3.63, 3.8) is 0 Å². The zero-order valence-corrected chi connectivity index (χ0v) is 26.7. The first kappa shape index (κ1) is 34.3. The first-order chi connectivity index (χ1) is 17.8. The molecule has 40 heavy (non-hydrogen) atoms. The van der Waals surface area contributed by atoms with Crippen LogP contribution < -0.4 is 15.8 Å². The monoisotopic (exact) mass is 605 g/mol. The van der Waals surface area contributed by atoms with Gasteiger partial charge in [0, 0.05) is 36.7 Å². The molecule has 0 bridgehead atoms. The number of halogens is 3. The zero-order chi connectivity index (χ0) is 26.0. The SMILES string of the molecule is Cc1c(C)c2c(c(C)c1N)CC(C)(CNCC1CCN(CC(c3ccccc3)c3ccccc3)CC1)O2.Cl.Cl.Cl. The fraction of sp³-hybridized carbons (Fsp3) is 0.455. The van der Waals surface area contributed by atoms with Gasteiger partial charge < -0.3 is 20.7 Å². The Bertz CT molecular complexity index is 1140. The standard InChI is InChI=1S/C33H43N3O.3ClH/c1-23-24(2)32-29(25(3)31(23)34)19-33(4,37-32)22-35-20-26-15-17-36(18-16-26)21-30(27-11-7-5-8-12-27)28-13-9-6-10-14-28;;;/h5-14,26,30,35H,15-22,34H2,1-4H3;3*1H. The number of fused-ring (bicyclic) bond motifs is 1. The van der Waals surface area contributed by atoms with Gasteiger partial charge in [0.15, 0.2) is 0 Å². The lowest BCUT2D eigenvalue weighted by atomic mass is 9.89. The summed E-state index contributed by atoms with van der Waals surface area (Å²) in [5.41, 5.74) is 14.7. The molecule has 5 rings (SSSR count). The maximum atomic E-state index is 6.55. The number of ether oxygens (including phenoxy) is 1. The van der Waals surface area contributed by atoms with E-state index in [0.29, 0.717) is 5.92 Å². The van der Waals surface area contributed by atoms with E-state index >= 15 is 0 Å². The summed E-state index contributed by atoms with van der Waals surface area (Å²) in [6.07, 6.45) is 3.41. The van der Waals surface area contributed by atoms with E-state index in [0.717, 1.165) is 49.0 Å². The molecular formula is C33H46Cl3N3O. The lowest BCUT2D eigenvalue weighted by Gasteiger charge is -2.35. The van der Waals surface area contributed by atoms with Crippen molar-refractivity contribution in [1.29, 1.82) is 0 Å². The third-order valence-corrected chi connectivity index (χ3v) is 8.82. The zero-order valence-electron chi connectivity index (χ0n) is 24.2. The molecule has 2 aliphatic heterocycles. The summed E-state index contributed by atoms with van der Waals surface area (Å²) in [4.78, 5) is 2.66. The molecule has 1 unspecified atom stereocenters. The normalized spacial score (nSPS) is 18.7. The highest BCUT2D eigenvalue weighted by Crippen LogP contribution is 2.43. The lowest BCUT2D eigenvalue weighted by Crippen LogP contribution is -2.45. The van der Waals surface area contributed by atoms with E-state index in [2.05, 4.69) is 98.6 Å². The summed E-state index contributed by atoms with van der Waals surface area (Å²) in [7, 11) is 0. The smallest absolute Gasteiger partial charge is 0.127 e. The quantitative estimate of drug-likeness (QED) is 0.265. The van der Waals surface area contributed by atoms with Crippen molar-refractivity contribution < 1.29 is 4.74 Å². The summed E-state index contributed by atoms with van der Waals surface area (Å²) in [6, 6.07) is 22.0. The number of likely N-dealkylation sites (tertiary alicyclic amines) is 1. The van der Waals surface area contributed by atoms with E-state index in [1.54, 1.807) is 0 Å². The van der Waals surface area contributed by atoms with Crippen LogP contribution in [-0.2, 0) is 6.42 Å². The van der Waals surface area contributed by atoms with Crippen molar-refractivity contribution in [2.75, 3.05) is 38.5 Å². The number of nitrogen functional groups attached to an aromatic ring is 1. The number of anilines is 1. The molecular weight excluding hydrogens is 561 g/mol. The van der Waals surface area contributed by atoms with Gasteiger partial charge in [0.05, 0.1) is 0 Å². The fourth-order valence-corrected chi connectivity index (χ4v) is 6.26. The van der Waals surface area contributed by atoms with E-state index in [1.807, 2.05) is 0 Å². The molecule has 7 heteroatoms. The molecule has 2 heterocycles. The number of nitrogens with two attached hydrogens (primary N) is 1. The summed E-state index contributed by atoms with van der Waals surface area (Å²) in [5, 5.41) is 3.77. The number of hydrogen-bond donors (Lipinski definition) is 2. The van der Waals surface area contributed by atoms with Crippen molar-refractivity contribution >= 4 is 42.9 Å². The van der Waals surface area contributed by atoms with E-state index in [4.69, 9.17) is 10.5 Å². The Morgan fingerprint density at radius 1 is 0.875 bits per heavy atom. The maximum absolute atomic E-state index is 6.55. The first-order valence-corrected chi connectivity index (χ1v) is 13.9. The third kappa shape index (κ3) is 7.46. The van der Waals surface area contributed by atoms with Crippen LogP contribution >= 0.6 is 37.2 Å². The van der Waals surface area contributed by atoms with E-state index in [9.17, 15) is 0 Å². The fourth-order valence-electron chi connectivity index (χ4n) is 6.26. The molecule has 1 fully saturated rings. The summed E-state index contributed by atoms with van der Waals surface area (Å²) in [6.45, 7) is 13.9. The Kier molecular flexibility index (Phi) is 12.7. The van der Waals surface area contributed by atoms with Gasteiger partial charge in [-0.25, -0.2) is 0 Å². The molecule has 1 atom stereocenters. The summed E-state index contributed by atoms with van der Waals surface area (Å²) < 4.78 is 6.55. The number of piperidine rings is 1. The van der Waals surface area contributed by atoms with Crippen LogP contribution in [-0.4, -0.2) is 43.2 Å². The Balaban J connectivity index is 0.00000187. The minimum atomic E-state index is -0.211. The van der Waals surface area contributed by atoms with E-state index in [-0.39, 0.29) is 42.8 Å². The third-order valence-electron chi connectivity index (χ3n) is 8.82. The highest BCUT2D eigenvalue weighted by molar-refractivity contribution is 5.86. The number of hydrogen-bond acceptors (Lipinski definition) is 4. The van der Waals surface area contributed by atoms with Crippen LogP contribution in [0.5, 0.6) is 5.75 Å². The largest absolute Gasteiger partial charge is 0.485 e. The Morgan fingerprint density at radius 3 is 1.98 bits per heavy atom. The lowest BCUT2D eigenvalue weighted by molar-refractivity contribution is 0.108. The van der Waals surface area contributed by atoms with Gasteiger partial charge in [-0.05, 0) is 93.9 Å². The molecule has 0 saturated carbocycles. The molecule has 3 aromatic rings. The van der Waals surface area contributed by atoms with E-state index in [1.165, 1.54) is 53.7 Å². The predicted molar refractivity (Wildman–Crippen MR) is 176 cm³/mol. The van der Waals surface area contributed by atoms with Gasteiger partial charge >= 0.3 is 0 Å². The molecule has 0 aromatic heterocycles. The summed E-state index contributed by atoms with van der Waals surface area (Å²) >= 11 is 0. The van der Waals surface area contributed by atoms with Gasteiger partial charge in [-0.2, -0.15) is 0 Å². The molecule has 3 aromatic carbocycles. The molecule has 0 amide bonds. The molecule has 2 aliphatic rings. The van der Waals surface area contributed by atoms with Crippen molar-refractivity contribution in [1.82, 2.24) is 10.2 Å². The van der Waals surface area contributed by atoms with Gasteiger partial charge in [0.25, 0.3) is 0 Å². The molecule has 4 nitrogen and oxygen atoms in total. The molecule has 3 N–H and O–H groups in total. The van der Waals surface area contributed by atoms with Crippen molar-refractivity contribution in [2.45, 2.75) is 58.5 Å². The average molecular weight is 607 g/mol. The van der Waals surface area contributed by atoms with Crippen LogP contribution in [0, 0.1) is 26.7 Å². The topological polar surface area (TPSA) is 50.5 Å². The highest BCUT2D eigenvalue weighted by Gasteiger charge is 2.38. The van der Waals surface area contributed by atoms with Crippen LogP contribution in [0.25, 0.3) is 0 Å². The van der Waals surface area contributed by atoms with Crippen LogP contribution in [0.3, 0.4) is 0 Å². The second-order valence-corrected chi connectivity index (χ2v) is 11.6. The van der Waals surface area contributed by atoms with Crippen LogP contribution in [0.15, 0.2) is 60.7 Å². The minimum Gasteiger partial charge on any atom is -0.485 e. The Labute approximate surface area is 259 Å². The highest BCUT2D eigenvalue weighted by atomic mass is 35.5. The number of rotatable bonds is 8. The van der Waals surface area contributed by atoms with Gasteiger partial charge in [-0.1, -0.05) is 60.7 Å². The van der Waals surface area contributed by atoms with Crippen molar-refractivity contribution in [3.8, 4) is 5.75 Å². The minimum absolute atomic E-state index is 0. The second-order valence-electron chi connectivity index (χ2n) is 11.6. The van der Waals surface area contributed by atoms with Crippen LogP contribution in [0.1, 0.15) is 59.1 Å². The molecule has 0 aliphatic carbocycles. The summed E-state index contributed by atoms with van der Waals surface area (Å²) in [5.74, 6) is 2.20. The van der Waals surface area contributed by atoms with Crippen molar-refractivity contribution in [3.05, 3.63) is 94.0 Å². The van der Waals surface area contributed by atoms with Gasteiger partial charge in [0.1, 0.15) is 11.4 Å². The average Bonchev–Trinajstić information content (AvgIpc) is 3.29. The molecule has 220 valence electrons. The van der Waals surface area contributed by atoms with E-state index < -0.39 is 0 Å². The van der Waals surface area contributed by atoms with Crippen molar-refractivity contribution in [2.24, 2.45) is 5.92 Å². The van der Waals surface area contributed by atoms with Gasteiger partial charge in [-0.3, -0.25) is 0 Å². The number of benzene rings is 3. The molecule has 0 radical (unpaired) electrons. The Morgan fingerprint density at radius 2 is 1.43 bits per heavy atom. The van der Waals surface area contributed by atoms with Gasteiger partial charge in [0.2, 0.25) is 0 Å². The van der Waals surface area contributed by atoms with Gasteiger partial charge in [-0.15, -0.1) is 37.2 Å². The number of nitrogens with one attached hydrogen (secondary N) is 1. The molecule has 0 spiro atoms. The number of nitrogens with zero attached hydrogens (tertiary/aromatic N) is 1. The molecule has 1 saturated heterocycles. The maximum Gasteiger partial charge on any atom is 0.127 e. The second kappa shape index (κ2) is 14.8. The predicted octanol–water partition coefficient (Wildman–Crippen LogP) is 7.29.